The summed E-state index contributed by atoms with van der Waals surface area (Å²) in [5, 5.41) is -0.635. The number of primary amides is 1. The zero-order chi connectivity index (χ0) is 6.85. The Labute approximate surface area is 54.3 Å². The third kappa shape index (κ3) is 1.23. The van der Waals surface area contributed by atoms with Gasteiger partial charge in [0.2, 0.25) is 0 Å². The van der Waals surface area contributed by atoms with E-state index in [2.05, 4.69) is 4.98 Å². The smallest absolute Gasteiger partial charge is 0.269 e. The minimum atomic E-state index is -0.642. The third-order valence-electron chi connectivity index (χ3n) is 0.720. The lowest BCUT2D eigenvalue weighted by Gasteiger charge is -1.78. The molecule has 0 atom stereocenters. The van der Waals surface area contributed by atoms with Crippen molar-refractivity contribution in [3.05, 3.63) is 16.3 Å². The van der Waals surface area contributed by atoms with Gasteiger partial charge in [0, 0.05) is 0 Å². The summed E-state index contributed by atoms with van der Waals surface area (Å²) in [5.74, 6) is -0.642. The standard InChI is InChI=1S/C4H3FN2OS/c5-4-7-1-2(9-4)3(6)8/h1H,(H2,6,8). The van der Waals surface area contributed by atoms with Gasteiger partial charge in [-0.25, -0.2) is 4.98 Å². The Hall–Kier alpha value is -0.970. The van der Waals surface area contributed by atoms with Crippen LogP contribution >= 0.6 is 11.3 Å². The lowest BCUT2D eigenvalue weighted by molar-refractivity contribution is 0.100. The first-order valence-electron chi connectivity index (χ1n) is 2.11. The molecule has 0 saturated heterocycles. The van der Waals surface area contributed by atoms with Crippen molar-refractivity contribution in [1.82, 2.24) is 4.98 Å². The Kier molecular flexibility index (Phi) is 1.44. The Morgan fingerprint density at radius 2 is 2.56 bits per heavy atom. The fraction of sp³-hybridized carbons (Fsp3) is 0. The molecule has 2 N–H and O–H groups in total. The van der Waals surface area contributed by atoms with Gasteiger partial charge in [0.05, 0.1) is 6.20 Å². The maximum atomic E-state index is 12.0. The second-order valence-corrected chi connectivity index (χ2v) is 2.32. The van der Waals surface area contributed by atoms with Gasteiger partial charge in [-0.15, -0.1) is 0 Å². The topological polar surface area (TPSA) is 56.0 Å². The molecular weight excluding hydrogens is 143 g/mol. The minimum Gasteiger partial charge on any atom is -0.365 e. The quantitative estimate of drug-likeness (QED) is 0.622. The highest BCUT2D eigenvalue weighted by atomic mass is 32.1. The molecule has 0 fully saturated rings. The predicted octanol–water partition coefficient (Wildman–Crippen LogP) is 0.381. The highest BCUT2D eigenvalue weighted by molar-refractivity contribution is 7.12. The number of rotatable bonds is 1. The van der Waals surface area contributed by atoms with E-state index in [1.807, 2.05) is 0 Å². The molecule has 0 radical (unpaired) electrons. The van der Waals surface area contributed by atoms with Crippen LogP contribution < -0.4 is 5.73 Å². The minimum absolute atomic E-state index is 0.146. The Morgan fingerprint density at radius 1 is 1.89 bits per heavy atom. The normalized spacial score (nSPS) is 9.44. The second-order valence-electron chi connectivity index (χ2n) is 1.34. The van der Waals surface area contributed by atoms with E-state index in [-0.39, 0.29) is 4.88 Å². The van der Waals surface area contributed by atoms with E-state index >= 15 is 0 Å². The van der Waals surface area contributed by atoms with Crippen LogP contribution in [0.1, 0.15) is 9.67 Å². The molecule has 0 aliphatic rings. The highest BCUT2D eigenvalue weighted by Crippen LogP contribution is 2.08. The van der Waals surface area contributed by atoms with Crippen LogP contribution in [0.25, 0.3) is 0 Å². The summed E-state index contributed by atoms with van der Waals surface area (Å²) in [6.45, 7) is 0. The molecule has 5 heteroatoms. The summed E-state index contributed by atoms with van der Waals surface area (Å²) in [7, 11) is 0. The first-order chi connectivity index (χ1) is 4.20. The first kappa shape index (κ1) is 6.15. The molecule has 1 aromatic heterocycles. The Bertz CT molecular complexity index is 234. The van der Waals surface area contributed by atoms with Crippen molar-refractivity contribution >= 4 is 17.2 Å². The Balaban J connectivity index is 2.98. The summed E-state index contributed by atoms with van der Waals surface area (Å²) in [6, 6.07) is 0. The lowest BCUT2D eigenvalue weighted by atomic mass is 10.5. The number of carbonyl (C=O) groups excluding carboxylic acids is 1. The summed E-state index contributed by atoms with van der Waals surface area (Å²) >= 11 is 0.644. The van der Waals surface area contributed by atoms with E-state index in [4.69, 9.17) is 5.73 Å². The van der Waals surface area contributed by atoms with Gasteiger partial charge in [0.1, 0.15) is 4.88 Å². The number of nitrogens with two attached hydrogens (primary N) is 1. The van der Waals surface area contributed by atoms with E-state index in [9.17, 15) is 9.18 Å². The molecule has 1 heterocycles. The first-order valence-corrected chi connectivity index (χ1v) is 2.93. The molecule has 0 unspecified atom stereocenters. The van der Waals surface area contributed by atoms with E-state index in [0.717, 1.165) is 6.20 Å². The monoisotopic (exact) mass is 146 g/mol. The van der Waals surface area contributed by atoms with Gasteiger partial charge in [-0.3, -0.25) is 4.79 Å². The van der Waals surface area contributed by atoms with Crippen molar-refractivity contribution in [2.24, 2.45) is 5.73 Å². The van der Waals surface area contributed by atoms with Crippen LogP contribution in [0, 0.1) is 5.26 Å². The van der Waals surface area contributed by atoms with Gasteiger partial charge in [-0.05, 0) is 0 Å². The van der Waals surface area contributed by atoms with Crippen LogP contribution in [0.15, 0.2) is 6.20 Å². The van der Waals surface area contributed by atoms with E-state index < -0.39 is 11.2 Å². The van der Waals surface area contributed by atoms with Crippen LogP contribution in [-0.4, -0.2) is 10.9 Å². The van der Waals surface area contributed by atoms with Crippen molar-refractivity contribution < 1.29 is 9.18 Å². The SMILES string of the molecule is NC(=O)c1cnc(F)s1. The van der Waals surface area contributed by atoms with Gasteiger partial charge < -0.3 is 5.73 Å². The number of hydrogen-bond acceptors (Lipinski definition) is 3. The van der Waals surface area contributed by atoms with Crippen molar-refractivity contribution in [3.63, 3.8) is 0 Å². The maximum absolute atomic E-state index is 12.0. The zero-order valence-electron chi connectivity index (χ0n) is 4.30. The fourth-order valence-corrected chi connectivity index (χ4v) is 0.860. The number of aromatic nitrogens is 1. The zero-order valence-corrected chi connectivity index (χ0v) is 5.11. The van der Waals surface area contributed by atoms with Crippen molar-refractivity contribution in [2.75, 3.05) is 0 Å². The molecule has 9 heavy (non-hydrogen) atoms. The van der Waals surface area contributed by atoms with Crippen LogP contribution in [0.3, 0.4) is 0 Å². The molecule has 0 spiro atoms. The van der Waals surface area contributed by atoms with Crippen LogP contribution in [-0.2, 0) is 0 Å². The Morgan fingerprint density at radius 3 is 2.78 bits per heavy atom. The number of hydrogen-bond donors (Lipinski definition) is 1. The molecule has 3 nitrogen and oxygen atoms in total. The van der Waals surface area contributed by atoms with Crippen LogP contribution in [0.5, 0.6) is 0 Å². The van der Waals surface area contributed by atoms with Gasteiger partial charge in [-0.2, -0.15) is 4.39 Å². The number of amides is 1. The predicted molar refractivity (Wildman–Crippen MR) is 30.6 cm³/mol. The van der Waals surface area contributed by atoms with Crippen LogP contribution in [0.2, 0.25) is 0 Å². The van der Waals surface area contributed by atoms with Crippen molar-refractivity contribution in [3.8, 4) is 0 Å². The third-order valence-corrected chi connectivity index (χ3v) is 1.52. The molecule has 0 aromatic carbocycles. The van der Waals surface area contributed by atoms with Crippen molar-refractivity contribution in [1.29, 1.82) is 0 Å². The van der Waals surface area contributed by atoms with E-state index in [0.29, 0.717) is 11.3 Å². The molecule has 1 rings (SSSR count). The summed E-state index contributed by atoms with van der Waals surface area (Å²) < 4.78 is 12.0. The molecule has 48 valence electrons. The van der Waals surface area contributed by atoms with E-state index in [1.165, 1.54) is 0 Å². The van der Waals surface area contributed by atoms with Crippen molar-refractivity contribution in [2.45, 2.75) is 0 Å². The number of thiazole rings is 1. The molecule has 0 saturated carbocycles. The summed E-state index contributed by atoms with van der Waals surface area (Å²) in [4.78, 5) is 13.6. The van der Waals surface area contributed by atoms with Crippen LogP contribution in [0.4, 0.5) is 4.39 Å². The summed E-state index contributed by atoms with van der Waals surface area (Å²) in [5.41, 5.74) is 4.79. The average Bonchev–Trinajstić information content (AvgIpc) is 2.14. The average molecular weight is 146 g/mol. The number of carbonyl (C=O) groups is 1. The van der Waals surface area contributed by atoms with Gasteiger partial charge >= 0.3 is 0 Å². The molecule has 1 aromatic rings. The van der Waals surface area contributed by atoms with Gasteiger partial charge in [0.25, 0.3) is 11.2 Å². The fourth-order valence-electron chi connectivity index (χ4n) is 0.367. The van der Waals surface area contributed by atoms with Gasteiger partial charge in [0.15, 0.2) is 0 Å². The highest BCUT2D eigenvalue weighted by Gasteiger charge is 2.04. The molecule has 0 aliphatic heterocycles. The molecule has 1 amide bonds. The number of nitrogens with zero attached hydrogens (tertiary/aromatic N) is 1. The molecular formula is C4H3FN2OS. The molecule has 0 aliphatic carbocycles. The maximum Gasteiger partial charge on any atom is 0.269 e. The second kappa shape index (κ2) is 2.10. The molecule has 0 bridgehead atoms. The summed E-state index contributed by atoms with van der Waals surface area (Å²) in [6.07, 6.45) is 1.11. The van der Waals surface area contributed by atoms with E-state index in [1.54, 1.807) is 0 Å². The number of halogens is 1. The van der Waals surface area contributed by atoms with Gasteiger partial charge in [-0.1, -0.05) is 11.3 Å². The lowest BCUT2D eigenvalue weighted by Crippen LogP contribution is -2.08. The largest absolute Gasteiger partial charge is 0.365 e.